The summed E-state index contributed by atoms with van der Waals surface area (Å²) in [6, 6.07) is 0. The Hall–Kier alpha value is -1.82. The lowest BCUT2D eigenvalue weighted by Crippen LogP contribution is -2.58. The number of aromatic amines is 1. The number of nitrogens with two attached hydrogens (primary N) is 1. The van der Waals surface area contributed by atoms with E-state index in [0.29, 0.717) is 12.0 Å². The van der Waals surface area contributed by atoms with Crippen molar-refractivity contribution in [2.24, 2.45) is 52.1 Å². The highest BCUT2D eigenvalue weighted by atomic mass is 16.6. The number of amides is 1. The first kappa shape index (κ1) is 28.7. The highest BCUT2D eigenvalue weighted by molar-refractivity contribution is 5.65. The van der Waals surface area contributed by atoms with Crippen LogP contribution < -0.4 is 11.1 Å². The van der Waals surface area contributed by atoms with Gasteiger partial charge >= 0.3 is 6.09 Å². The minimum Gasteiger partial charge on any atom is -0.428 e. The normalized spacial score (nSPS) is 38.5. The first-order chi connectivity index (χ1) is 18.6. The summed E-state index contributed by atoms with van der Waals surface area (Å²) in [6.07, 6.45) is 19.7. The van der Waals surface area contributed by atoms with Crippen molar-refractivity contribution >= 4 is 6.09 Å². The largest absolute Gasteiger partial charge is 0.428 e. The van der Waals surface area contributed by atoms with Gasteiger partial charge in [-0.05, 0) is 84.9 Å². The molecule has 5 rings (SSSR count). The topological polar surface area (TPSA) is 93.0 Å². The molecule has 0 radical (unpaired) electrons. The van der Waals surface area contributed by atoms with Crippen LogP contribution in [0.3, 0.4) is 0 Å². The van der Waals surface area contributed by atoms with Crippen LogP contribution in [0.4, 0.5) is 4.79 Å². The first-order valence-electron chi connectivity index (χ1n) is 16.0. The quantitative estimate of drug-likeness (QED) is 0.214. The summed E-state index contributed by atoms with van der Waals surface area (Å²) in [5.41, 5.74) is 8.15. The standard InChI is InChI=1S/C33H54N4O2/c1-22(2)7-6-8-23(3)27-11-12-28-26-10-9-24-19-33(39-30(34)38,37-18-14-25-20-35-21-36-25)17-16-31(24,4)29(26)13-15-32(27,28)5/h9,20-23,26-29,37H,6-8,10-19H2,1-5H3,(H2,34,38)(H,35,36)/t23-,26+,27-,28+,29+,31+,32-,33?/m1/s1. The molecule has 4 aliphatic rings. The molecule has 1 unspecified atom stereocenters. The lowest BCUT2D eigenvalue weighted by Gasteiger charge is -2.59. The van der Waals surface area contributed by atoms with Crippen LogP contribution in [0.25, 0.3) is 0 Å². The van der Waals surface area contributed by atoms with Crippen molar-refractivity contribution in [3.63, 3.8) is 0 Å². The number of rotatable bonds is 10. The average molecular weight is 539 g/mol. The summed E-state index contributed by atoms with van der Waals surface area (Å²) in [5.74, 6) is 4.93. The van der Waals surface area contributed by atoms with E-state index in [-0.39, 0.29) is 5.41 Å². The highest BCUT2D eigenvalue weighted by Crippen LogP contribution is 2.67. The number of allylic oxidation sites excluding steroid dienone is 1. The number of nitrogens with one attached hydrogen (secondary N) is 2. The van der Waals surface area contributed by atoms with Crippen LogP contribution >= 0.6 is 0 Å². The van der Waals surface area contributed by atoms with Gasteiger partial charge in [0.1, 0.15) is 0 Å². The Balaban J connectivity index is 1.29. The van der Waals surface area contributed by atoms with E-state index in [4.69, 9.17) is 10.5 Å². The Morgan fingerprint density at radius 1 is 1.15 bits per heavy atom. The van der Waals surface area contributed by atoms with Crippen molar-refractivity contribution in [1.82, 2.24) is 15.3 Å². The van der Waals surface area contributed by atoms with Gasteiger partial charge in [-0.3, -0.25) is 5.32 Å². The molecule has 1 aromatic rings. The van der Waals surface area contributed by atoms with E-state index < -0.39 is 11.8 Å². The molecular formula is C33H54N4O2. The number of primary amides is 1. The van der Waals surface area contributed by atoms with Crippen molar-refractivity contribution in [2.45, 2.75) is 117 Å². The minimum absolute atomic E-state index is 0.195. The maximum absolute atomic E-state index is 12.0. The van der Waals surface area contributed by atoms with Crippen LogP contribution in [-0.4, -0.2) is 28.3 Å². The molecule has 4 N–H and O–H groups in total. The van der Waals surface area contributed by atoms with Gasteiger partial charge in [-0.25, -0.2) is 9.78 Å². The fourth-order valence-corrected chi connectivity index (χ4v) is 9.97. The van der Waals surface area contributed by atoms with Crippen molar-refractivity contribution < 1.29 is 9.53 Å². The Kier molecular flexibility index (Phi) is 8.25. The molecule has 0 saturated heterocycles. The van der Waals surface area contributed by atoms with Gasteiger partial charge in [0.15, 0.2) is 5.72 Å². The van der Waals surface area contributed by atoms with E-state index in [1.54, 1.807) is 6.33 Å². The SMILES string of the molecule is CC(C)CCC[C@@H](C)[C@H]1CC[C@H]2[C@@H]3CC=C4CC(NCCc5cnc[nH]5)(OC(N)=O)CC[C@]4(C)[C@H]3CC[C@]12C. The number of carbonyl (C=O) groups is 1. The number of hydrogen-bond donors (Lipinski definition) is 3. The van der Waals surface area contributed by atoms with Crippen LogP contribution in [0, 0.1) is 46.3 Å². The van der Waals surface area contributed by atoms with Gasteiger partial charge in [-0.15, -0.1) is 0 Å². The summed E-state index contributed by atoms with van der Waals surface area (Å²) < 4.78 is 5.86. The number of nitrogens with zero attached hydrogens (tertiary/aromatic N) is 1. The van der Waals surface area contributed by atoms with Gasteiger partial charge in [0.2, 0.25) is 0 Å². The smallest absolute Gasteiger partial charge is 0.406 e. The van der Waals surface area contributed by atoms with Gasteiger partial charge < -0.3 is 15.5 Å². The van der Waals surface area contributed by atoms with Gasteiger partial charge in [0.05, 0.1) is 6.33 Å². The molecule has 4 aliphatic carbocycles. The molecule has 6 heteroatoms. The maximum atomic E-state index is 12.0. The predicted molar refractivity (Wildman–Crippen MR) is 157 cm³/mol. The predicted octanol–water partition coefficient (Wildman–Crippen LogP) is 7.37. The second-order valence-electron chi connectivity index (χ2n) is 14.6. The Labute approximate surface area is 236 Å². The number of H-pyrrole nitrogens is 1. The summed E-state index contributed by atoms with van der Waals surface area (Å²) in [4.78, 5) is 19.3. The summed E-state index contributed by atoms with van der Waals surface area (Å²) >= 11 is 0. The molecule has 3 fully saturated rings. The molecule has 0 bridgehead atoms. The number of hydrogen-bond acceptors (Lipinski definition) is 4. The molecule has 0 aliphatic heterocycles. The van der Waals surface area contributed by atoms with Crippen LogP contribution in [0.15, 0.2) is 24.2 Å². The second-order valence-corrected chi connectivity index (χ2v) is 14.6. The molecule has 39 heavy (non-hydrogen) atoms. The third-order valence-corrected chi connectivity index (χ3v) is 12.0. The number of imidazole rings is 1. The number of fused-ring (bicyclic) bond motifs is 5. The fourth-order valence-electron chi connectivity index (χ4n) is 9.97. The van der Waals surface area contributed by atoms with Crippen molar-refractivity contribution in [3.05, 3.63) is 29.9 Å². The van der Waals surface area contributed by atoms with Gasteiger partial charge in [-0.2, -0.15) is 0 Å². The molecule has 1 heterocycles. The van der Waals surface area contributed by atoms with Crippen molar-refractivity contribution in [1.29, 1.82) is 0 Å². The Bertz CT molecular complexity index is 1020. The van der Waals surface area contributed by atoms with Crippen LogP contribution in [0.1, 0.15) is 111 Å². The van der Waals surface area contributed by atoms with E-state index in [1.165, 1.54) is 56.9 Å². The van der Waals surface area contributed by atoms with Crippen LogP contribution in [0.5, 0.6) is 0 Å². The fraction of sp³-hybridized carbons (Fsp3) is 0.818. The maximum Gasteiger partial charge on any atom is 0.406 e. The van der Waals surface area contributed by atoms with E-state index in [0.717, 1.165) is 66.9 Å². The first-order valence-corrected chi connectivity index (χ1v) is 16.0. The highest BCUT2D eigenvalue weighted by Gasteiger charge is 2.60. The summed E-state index contributed by atoms with van der Waals surface area (Å²) in [7, 11) is 0. The Morgan fingerprint density at radius 2 is 1.97 bits per heavy atom. The van der Waals surface area contributed by atoms with Crippen molar-refractivity contribution in [2.75, 3.05) is 6.54 Å². The molecule has 1 aromatic heterocycles. The summed E-state index contributed by atoms with van der Waals surface area (Å²) in [6.45, 7) is 13.2. The molecule has 3 saturated carbocycles. The van der Waals surface area contributed by atoms with E-state index in [9.17, 15) is 4.79 Å². The third-order valence-electron chi connectivity index (χ3n) is 12.0. The molecule has 0 spiro atoms. The molecule has 8 atom stereocenters. The molecule has 0 aromatic carbocycles. The monoisotopic (exact) mass is 538 g/mol. The summed E-state index contributed by atoms with van der Waals surface area (Å²) in [5, 5.41) is 3.60. The van der Waals surface area contributed by atoms with E-state index in [2.05, 4.69) is 56.0 Å². The third kappa shape index (κ3) is 5.56. The number of aromatic nitrogens is 2. The zero-order valence-corrected chi connectivity index (χ0v) is 25.2. The molecule has 6 nitrogen and oxygen atoms in total. The zero-order chi connectivity index (χ0) is 27.8. The minimum atomic E-state index is -0.711. The molecular weight excluding hydrogens is 484 g/mol. The van der Waals surface area contributed by atoms with E-state index >= 15 is 0 Å². The van der Waals surface area contributed by atoms with Crippen LogP contribution in [-0.2, 0) is 11.2 Å². The number of carbonyl (C=O) groups excluding carboxylic acids is 1. The van der Waals surface area contributed by atoms with Crippen LogP contribution in [0.2, 0.25) is 0 Å². The van der Waals surface area contributed by atoms with Gasteiger partial charge in [0, 0.05) is 37.7 Å². The zero-order valence-electron chi connectivity index (χ0n) is 25.2. The molecule has 1 amide bonds. The Morgan fingerprint density at radius 3 is 2.69 bits per heavy atom. The number of ether oxygens (including phenoxy) is 1. The van der Waals surface area contributed by atoms with E-state index in [1.807, 2.05) is 6.20 Å². The van der Waals surface area contributed by atoms with Gasteiger partial charge in [-0.1, -0.05) is 65.5 Å². The van der Waals surface area contributed by atoms with Crippen molar-refractivity contribution in [3.8, 4) is 0 Å². The average Bonchev–Trinajstić information content (AvgIpc) is 3.51. The molecule has 218 valence electrons. The second kappa shape index (κ2) is 11.2. The lowest BCUT2D eigenvalue weighted by molar-refractivity contribution is -0.0862. The van der Waals surface area contributed by atoms with Gasteiger partial charge in [0.25, 0.3) is 0 Å². The lowest BCUT2D eigenvalue weighted by atomic mass is 9.46.